The molecule has 19 heavy (non-hydrogen) atoms. The molecule has 0 spiro atoms. The minimum atomic E-state index is 0.292. The number of nitrogens with one attached hydrogen (secondary N) is 1. The minimum Gasteiger partial charge on any atom is -0.394 e. The third-order valence-corrected chi connectivity index (χ3v) is 3.00. The molecule has 1 heterocycles. The summed E-state index contributed by atoms with van der Waals surface area (Å²) in [5.74, 6) is 1.59. The van der Waals surface area contributed by atoms with Gasteiger partial charge in [0.15, 0.2) is 0 Å². The quantitative estimate of drug-likeness (QED) is 0.712. The molecule has 0 saturated carbocycles. The van der Waals surface area contributed by atoms with Crippen LogP contribution < -0.4 is 11.1 Å². The number of nitrogens with zero attached hydrogens (tertiary/aromatic N) is 2. The van der Waals surface area contributed by atoms with Crippen LogP contribution in [0.5, 0.6) is 0 Å². The molecule has 0 bridgehead atoms. The Morgan fingerprint density at radius 2 is 1.95 bits per heavy atom. The van der Waals surface area contributed by atoms with Crippen LogP contribution in [0.1, 0.15) is 45.9 Å². The van der Waals surface area contributed by atoms with Gasteiger partial charge in [-0.25, -0.2) is 4.68 Å². The number of rotatable bonds is 8. The summed E-state index contributed by atoms with van der Waals surface area (Å²) >= 11 is 0. The van der Waals surface area contributed by atoms with Crippen LogP contribution >= 0.6 is 0 Å². The number of anilines is 2. The number of aromatic nitrogens is 2. The zero-order valence-corrected chi connectivity index (χ0v) is 12.9. The van der Waals surface area contributed by atoms with Crippen molar-refractivity contribution in [3.8, 4) is 0 Å². The molecule has 0 atom stereocenters. The van der Waals surface area contributed by atoms with Gasteiger partial charge < -0.3 is 15.8 Å². The van der Waals surface area contributed by atoms with E-state index in [0.29, 0.717) is 18.6 Å². The van der Waals surface area contributed by atoms with Crippen LogP contribution in [0, 0.1) is 12.8 Å². The smallest absolute Gasteiger partial charge is 0.148 e. The molecule has 0 amide bonds. The van der Waals surface area contributed by atoms with E-state index in [9.17, 15) is 0 Å². The van der Waals surface area contributed by atoms with E-state index in [4.69, 9.17) is 10.5 Å². The van der Waals surface area contributed by atoms with Crippen LogP contribution in [0.2, 0.25) is 0 Å². The zero-order valence-electron chi connectivity index (χ0n) is 12.9. The van der Waals surface area contributed by atoms with Gasteiger partial charge >= 0.3 is 0 Å². The van der Waals surface area contributed by atoms with Crippen LogP contribution in [-0.2, 0) is 4.74 Å². The Bertz CT molecular complexity index is 385. The highest BCUT2D eigenvalue weighted by Gasteiger charge is 2.13. The van der Waals surface area contributed by atoms with E-state index < -0.39 is 0 Å². The number of hydrogen-bond acceptors (Lipinski definition) is 4. The molecule has 1 aromatic rings. The summed E-state index contributed by atoms with van der Waals surface area (Å²) in [5.41, 5.74) is 7.64. The van der Waals surface area contributed by atoms with Crippen molar-refractivity contribution in [3.05, 3.63) is 5.69 Å². The average Bonchev–Trinajstić information content (AvgIpc) is 2.61. The molecule has 0 aliphatic rings. The lowest BCUT2D eigenvalue weighted by Gasteiger charge is -2.13. The predicted octanol–water partition coefficient (Wildman–Crippen LogP) is 2.83. The number of nitrogens with two attached hydrogens (primary N) is 1. The van der Waals surface area contributed by atoms with Gasteiger partial charge in [0.1, 0.15) is 5.82 Å². The molecular weight excluding hydrogens is 240 g/mol. The van der Waals surface area contributed by atoms with Gasteiger partial charge in [-0.1, -0.05) is 13.8 Å². The summed E-state index contributed by atoms with van der Waals surface area (Å²) in [6, 6.07) is 0.292. The first kappa shape index (κ1) is 15.8. The molecule has 110 valence electrons. The SMILES string of the molecule is Cc1nn(C(C)C)c(NCCOCCC(C)C)c1N. The highest BCUT2D eigenvalue weighted by Crippen LogP contribution is 2.25. The van der Waals surface area contributed by atoms with Gasteiger partial charge in [0, 0.05) is 19.2 Å². The van der Waals surface area contributed by atoms with Gasteiger partial charge in [-0.3, -0.25) is 0 Å². The van der Waals surface area contributed by atoms with E-state index in [0.717, 1.165) is 36.8 Å². The first-order chi connectivity index (χ1) is 8.93. The van der Waals surface area contributed by atoms with E-state index in [1.54, 1.807) is 0 Å². The van der Waals surface area contributed by atoms with E-state index >= 15 is 0 Å². The van der Waals surface area contributed by atoms with Crippen LogP contribution in [-0.4, -0.2) is 29.5 Å². The van der Waals surface area contributed by atoms with Crippen molar-refractivity contribution in [2.75, 3.05) is 30.8 Å². The molecule has 0 saturated heterocycles. The fraction of sp³-hybridized carbons (Fsp3) is 0.786. The first-order valence-corrected chi connectivity index (χ1v) is 7.09. The van der Waals surface area contributed by atoms with Gasteiger partial charge in [-0.05, 0) is 33.1 Å². The van der Waals surface area contributed by atoms with Crippen molar-refractivity contribution in [3.63, 3.8) is 0 Å². The second-order valence-corrected chi connectivity index (χ2v) is 5.61. The highest BCUT2D eigenvalue weighted by atomic mass is 16.5. The van der Waals surface area contributed by atoms with Crippen LogP contribution in [0.3, 0.4) is 0 Å². The lowest BCUT2D eigenvalue weighted by atomic mass is 10.1. The maximum atomic E-state index is 6.04. The Kier molecular flexibility index (Phi) is 6.15. The molecule has 5 heteroatoms. The minimum absolute atomic E-state index is 0.292. The van der Waals surface area contributed by atoms with E-state index in [2.05, 4.69) is 38.1 Å². The second-order valence-electron chi connectivity index (χ2n) is 5.61. The van der Waals surface area contributed by atoms with Gasteiger partial charge in [0.2, 0.25) is 0 Å². The molecule has 3 N–H and O–H groups in total. The van der Waals surface area contributed by atoms with Crippen LogP contribution in [0.25, 0.3) is 0 Å². The number of hydrogen-bond donors (Lipinski definition) is 2. The molecule has 0 aromatic carbocycles. The summed E-state index contributed by atoms with van der Waals surface area (Å²) in [6.45, 7) is 12.8. The summed E-state index contributed by atoms with van der Waals surface area (Å²) in [6.07, 6.45) is 1.10. The summed E-state index contributed by atoms with van der Waals surface area (Å²) < 4.78 is 7.51. The summed E-state index contributed by atoms with van der Waals surface area (Å²) in [5, 5.41) is 7.76. The molecule has 5 nitrogen and oxygen atoms in total. The highest BCUT2D eigenvalue weighted by molar-refractivity contribution is 5.64. The maximum absolute atomic E-state index is 6.04. The van der Waals surface area contributed by atoms with Gasteiger partial charge in [-0.15, -0.1) is 0 Å². The van der Waals surface area contributed by atoms with Crippen molar-refractivity contribution < 1.29 is 4.74 Å². The maximum Gasteiger partial charge on any atom is 0.148 e. The molecule has 1 rings (SSSR count). The van der Waals surface area contributed by atoms with Crippen LogP contribution in [0.15, 0.2) is 0 Å². The van der Waals surface area contributed by atoms with Gasteiger partial charge in [0.25, 0.3) is 0 Å². The van der Waals surface area contributed by atoms with Crippen molar-refractivity contribution in [1.82, 2.24) is 9.78 Å². The fourth-order valence-electron chi connectivity index (χ4n) is 1.77. The largest absolute Gasteiger partial charge is 0.394 e. The Labute approximate surface area is 116 Å². The topological polar surface area (TPSA) is 65.1 Å². The number of ether oxygens (including phenoxy) is 1. The average molecular weight is 268 g/mol. The summed E-state index contributed by atoms with van der Waals surface area (Å²) in [7, 11) is 0. The molecule has 0 fully saturated rings. The standard InChI is InChI=1S/C14H28N4O/c1-10(2)6-8-19-9-7-16-14-13(15)12(5)17-18(14)11(3)4/h10-11,16H,6-9,15H2,1-5H3. The third kappa shape index (κ3) is 4.74. The first-order valence-electron chi connectivity index (χ1n) is 7.09. The number of aryl methyl sites for hydroxylation is 1. The third-order valence-electron chi connectivity index (χ3n) is 3.00. The fourth-order valence-corrected chi connectivity index (χ4v) is 1.77. The predicted molar refractivity (Wildman–Crippen MR) is 80.5 cm³/mol. The Morgan fingerprint density at radius 1 is 1.26 bits per heavy atom. The lowest BCUT2D eigenvalue weighted by molar-refractivity contribution is 0.132. The molecular formula is C14H28N4O. The van der Waals surface area contributed by atoms with Gasteiger partial charge in [0.05, 0.1) is 18.0 Å². The van der Waals surface area contributed by atoms with E-state index in [1.807, 2.05) is 11.6 Å². The van der Waals surface area contributed by atoms with Crippen molar-refractivity contribution in [2.45, 2.75) is 47.1 Å². The monoisotopic (exact) mass is 268 g/mol. The normalized spacial score (nSPS) is 11.5. The number of nitrogen functional groups attached to an aromatic ring is 1. The van der Waals surface area contributed by atoms with Crippen molar-refractivity contribution in [1.29, 1.82) is 0 Å². The van der Waals surface area contributed by atoms with E-state index in [1.165, 1.54) is 0 Å². The van der Waals surface area contributed by atoms with Crippen molar-refractivity contribution >= 4 is 11.5 Å². The Hall–Kier alpha value is -1.23. The molecule has 0 aliphatic carbocycles. The molecule has 0 radical (unpaired) electrons. The second kappa shape index (κ2) is 7.38. The Balaban J connectivity index is 2.40. The molecule has 1 aromatic heterocycles. The molecule has 0 aliphatic heterocycles. The zero-order chi connectivity index (χ0) is 14.4. The van der Waals surface area contributed by atoms with Crippen molar-refractivity contribution in [2.24, 2.45) is 5.92 Å². The summed E-state index contributed by atoms with van der Waals surface area (Å²) in [4.78, 5) is 0. The molecule has 0 unspecified atom stereocenters. The van der Waals surface area contributed by atoms with Gasteiger partial charge in [-0.2, -0.15) is 5.10 Å². The lowest BCUT2D eigenvalue weighted by Crippen LogP contribution is -2.15. The Morgan fingerprint density at radius 3 is 2.53 bits per heavy atom. The van der Waals surface area contributed by atoms with Crippen LogP contribution in [0.4, 0.5) is 11.5 Å². The van der Waals surface area contributed by atoms with E-state index in [-0.39, 0.29) is 0 Å².